The number of ether oxygens (including phenoxy) is 3. The maximum absolute atomic E-state index is 12.0. The molecule has 0 unspecified atom stereocenters. The molecule has 2 heterocycles. The lowest BCUT2D eigenvalue weighted by Gasteiger charge is -2.08. The highest BCUT2D eigenvalue weighted by Gasteiger charge is 2.14. The Bertz CT molecular complexity index is 936. The molecule has 1 aromatic carbocycles. The van der Waals surface area contributed by atoms with Crippen LogP contribution in [0.1, 0.15) is 10.5 Å². The molecule has 3 rings (SSSR count). The third-order valence-corrected chi connectivity index (χ3v) is 4.34. The van der Waals surface area contributed by atoms with E-state index in [4.69, 9.17) is 14.2 Å². The number of amides is 1. The number of hydrogen-bond acceptors (Lipinski definition) is 7. The second-order valence-electron chi connectivity index (χ2n) is 5.31. The van der Waals surface area contributed by atoms with Crippen LogP contribution >= 0.6 is 11.3 Å². The molecular weight excluding hydrogens is 370 g/mol. The first-order chi connectivity index (χ1) is 13.1. The van der Waals surface area contributed by atoms with Crippen molar-refractivity contribution in [1.29, 1.82) is 0 Å². The summed E-state index contributed by atoms with van der Waals surface area (Å²) in [5, 5.41) is 4.78. The molecule has 0 spiro atoms. The number of aromatic nitrogens is 2. The molecule has 2 aromatic heterocycles. The van der Waals surface area contributed by atoms with Crippen LogP contribution in [0.25, 0.3) is 11.3 Å². The Labute approximate surface area is 159 Å². The lowest BCUT2D eigenvalue weighted by Crippen LogP contribution is -2.20. The molecule has 0 aliphatic rings. The molecule has 9 heteroatoms. The first-order valence-electron chi connectivity index (χ1n) is 7.89. The Balaban J connectivity index is 1.64. The van der Waals surface area contributed by atoms with Gasteiger partial charge in [-0.2, -0.15) is 0 Å². The van der Waals surface area contributed by atoms with E-state index in [1.54, 1.807) is 56.1 Å². The summed E-state index contributed by atoms with van der Waals surface area (Å²) in [6, 6.07) is 8.61. The van der Waals surface area contributed by atoms with E-state index in [1.807, 2.05) is 0 Å². The molecule has 0 fully saturated rings. The summed E-state index contributed by atoms with van der Waals surface area (Å²) >= 11 is 1.25. The number of aromatic amines is 1. The van der Waals surface area contributed by atoms with Crippen LogP contribution in [0.15, 0.2) is 41.9 Å². The van der Waals surface area contributed by atoms with Crippen LogP contribution in [0.5, 0.6) is 11.5 Å². The minimum absolute atomic E-state index is 0.282. The average molecular weight is 387 g/mol. The van der Waals surface area contributed by atoms with Gasteiger partial charge in [-0.15, -0.1) is 11.3 Å². The zero-order chi connectivity index (χ0) is 19.2. The molecule has 0 saturated carbocycles. The first kappa shape index (κ1) is 18.5. The number of H-pyrrole nitrogens is 1. The van der Waals surface area contributed by atoms with Gasteiger partial charge in [0.05, 0.1) is 19.9 Å². The Kier molecular flexibility index (Phi) is 5.72. The van der Waals surface area contributed by atoms with E-state index in [1.165, 1.54) is 11.3 Å². The number of nitrogens with zero attached hydrogens (tertiary/aromatic N) is 1. The molecule has 1 amide bonds. The fourth-order valence-corrected chi connectivity index (χ4v) is 3.02. The smallest absolute Gasteiger partial charge is 0.355 e. The summed E-state index contributed by atoms with van der Waals surface area (Å²) in [5.74, 6) is 0.226. The van der Waals surface area contributed by atoms with E-state index in [-0.39, 0.29) is 5.69 Å². The molecule has 3 aromatic rings. The van der Waals surface area contributed by atoms with Gasteiger partial charge in [0.2, 0.25) is 0 Å². The number of esters is 1. The largest absolute Gasteiger partial charge is 0.497 e. The van der Waals surface area contributed by atoms with Crippen molar-refractivity contribution in [2.24, 2.45) is 0 Å². The average Bonchev–Trinajstić information content (AvgIpc) is 3.37. The van der Waals surface area contributed by atoms with Crippen LogP contribution in [0, 0.1) is 0 Å². The third kappa shape index (κ3) is 4.45. The zero-order valence-electron chi connectivity index (χ0n) is 14.6. The van der Waals surface area contributed by atoms with E-state index >= 15 is 0 Å². The maximum atomic E-state index is 12.0. The van der Waals surface area contributed by atoms with E-state index in [9.17, 15) is 9.59 Å². The number of hydrogen-bond donors (Lipinski definition) is 2. The molecule has 0 atom stereocenters. The summed E-state index contributed by atoms with van der Waals surface area (Å²) in [7, 11) is 3.14. The van der Waals surface area contributed by atoms with Gasteiger partial charge < -0.3 is 19.2 Å². The van der Waals surface area contributed by atoms with Gasteiger partial charge in [-0.05, 0) is 30.3 Å². The molecule has 0 radical (unpaired) electrons. The van der Waals surface area contributed by atoms with E-state index in [0.29, 0.717) is 22.3 Å². The number of rotatable bonds is 7. The topological polar surface area (TPSA) is 103 Å². The Morgan fingerprint density at radius 1 is 1.22 bits per heavy atom. The van der Waals surface area contributed by atoms with Crippen LogP contribution in [0.3, 0.4) is 0 Å². The van der Waals surface area contributed by atoms with Crippen molar-refractivity contribution in [3.8, 4) is 22.8 Å². The number of methoxy groups -OCH3 is 2. The highest BCUT2D eigenvalue weighted by molar-refractivity contribution is 7.14. The van der Waals surface area contributed by atoms with Crippen molar-refractivity contribution in [2.75, 3.05) is 26.1 Å². The van der Waals surface area contributed by atoms with Crippen LogP contribution in [-0.2, 0) is 9.53 Å². The van der Waals surface area contributed by atoms with Gasteiger partial charge in [-0.1, -0.05) is 0 Å². The lowest BCUT2D eigenvalue weighted by molar-refractivity contribution is -0.119. The Hall–Kier alpha value is -3.33. The van der Waals surface area contributed by atoms with Crippen LogP contribution < -0.4 is 14.8 Å². The summed E-state index contributed by atoms with van der Waals surface area (Å²) in [6.07, 6.45) is 1.60. The monoisotopic (exact) mass is 387 g/mol. The highest BCUT2D eigenvalue weighted by Crippen LogP contribution is 2.34. The fraction of sp³-hybridized carbons (Fsp3) is 0.167. The number of thiazole rings is 1. The van der Waals surface area contributed by atoms with Gasteiger partial charge in [0.15, 0.2) is 11.7 Å². The molecule has 0 aliphatic heterocycles. The van der Waals surface area contributed by atoms with Gasteiger partial charge in [-0.25, -0.2) is 9.78 Å². The number of benzene rings is 1. The minimum atomic E-state index is -0.601. The summed E-state index contributed by atoms with van der Waals surface area (Å²) in [5.41, 5.74) is 1.66. The molecule has 0 aliphatic carbocycles. The second-order valence-corrected chi connectivity index (χ2v) is 6.17. The zero-order valence-corrected chi connectivity index (χ0v) is 15.5. The predicted octanol–water partition coefficient (Wildman–Crippen LogP) is 2.95. The van der Waals surface area contributed by atoms with Gasteiger partial charge in [0, 0.05) is 17.1 Å². The second kappa shape index (κ2) is 8.37. The van der Waals surface area contributed by atoms with Crippen molar-refractivity contribution in [3.05, 3.63) is 47.6 Å². The summed E-state index contributed by atoms with van der Waals surface area (Å²) in [4.78, 5) is 30.8. The van der Waals surface area contributed by atoms with Crippen molar-refractivity contribution in [1.82, 2.24) is 9.97 Å². The summed E-state index contributed by atoms with van der Waals surface area (Å²) < 4.78 is 15.5. The Morgan fingerprint density at radius 2 is 2.07 bits per heavy atom. The quantitative estimate of drug-likeness (QED) is 0.604. The van der Waals surface area contributed by atoms with Crippen LogP contribution in [0.4, 0.5) is 5.13 Å². The van der Waals surface area contributed by atoms with Gasteiger partial charge >= 0.3 is 5.97 Å². The SMILES string of the molecule is COc1ccc(OC)c(-c2csc(NC(=O)COC(=O)c3ccc[nH]3)n2)c1. The van der Waals surface area contributed by atoms with Crippen LogP contribution in [-0.4, -0.2) is 42.7 Å². The van der Waals surface area contributed by atoms with Crippen molar-refractivity contribution in [3.63, 3.8) is 0 Å². The third-order valence-electron chi connectivity index (χ3n) is 3.59. The molecule has 140 valence electrons. The number of carbonyl (C=O) groups excluding carboxylic acids is 2. The molecule has 27 heavy (non-hydrogen) atoms. The van der Waals surface area contributed by atoms with E-state index in [0.717, 1.165) is 5.56 Å². The fourth-order valence-electron chi connectivity index (χ4n) is 2.29. The minimum Gasteiger partial charge on any atom is -0.497 e. The standard InChI is InChI=1S/C18H17N3O5S/c1-24-11-5-6-15(25-2)12(8-11)14-10-27-18(20-14)21-16(22)9-26-17(23)13-4-3-7-19-13/h3-8,10,19H,9H2,1-2H3,(H,20,21,22). The molecule has 2 N–H and O–H groups in total. The van der Waals surface area contributed by atoms with E-state index < -0.39 is 18.5 Å². The molecular formula is C18H17N3O5S. The lowest BCUT2D eigenvalue weighted by atomic mass is 10.1. The van der Waals surface area contributed by atoms with Crippen molar-refractivity contribution in [2.45, 2.75) is 0 Å². The number of nitrogens with one attached hydrogen (secondary N) is 2. The first-order valence-corrected chi connectivity index (χ1v) is 8.77. The van der Waals surface area contributed by atoms with E-state index in [2.05, 4.69) is 15.3 Å². The Morgan fingerprint density at radius 3 is 2.78 bits per heavy atom. The number of carbonyl (C=O) groups is 2. The number of anilines is 1. The van der Waals surface area contributed by atoms with Gasteiger partial charge in [-0.3, -0.25) is 10.1 Å². The molecule has 0 saturated heterocycles. The van der Waals surface area contributed by atoms with Gasteiger partial charge in [0.25, 0.3) is 5.91 Å². The van der Waals surface area contributed by atoms with Crippen molar-refractivity contribution >= 4 is 28.3 Å². The molecule has 8 nitrogen and oxygen atoms in total. The van der Waals surface area contributed by atoms with Gasteiger partial charge in [0.1, 0.15) is 17.2 Å². The maximum Gasteiger partial charge on any atom is 0.355 e. The predicted molar refractivity (Wildman–Crippen MR) is 100 cm³/mol. The highest BCUT2D eigenvalue weighted by atomic mass is 32.1. The normalized spacial score (nSPS) is 10.3. The van der Waals surface area contributed by atoms with Crippen molar-refractivity contribution < 1.29 is 23.8 Å². The molecule has 0 bridgehead atoms. The van der Waals surface area contributed by atoms with Crippen LogP contribution in [0.2, 0.25) is 0 Å². The summed E-state index contributed by atoms with van der Waals surface area (Å²) in [6.45, 7) is -0.407.